The molecule has 2 rings (SSSR count). The molecule has 0 saturated heterocycles. The van der Waals surface area contributed by atoms with Gasteiger partial charge in [0, 0.05) is 6.42 Å². The largest absolute Gasteiger partial charge is 0.300 e. The number of aromatic nitrogens is 3. The maximum atomic E-state index is 5.30. The first kappa shape index (κ1) is 14.0. The van der Waals surface area contributed by atoms with Gasteiger partial charge in [-0.3, -0.25) is 9.67 Å². The molecule has 0 saturated carbocycles. The van der Waals surface area contributed by atoms with Crippen molar-refractivity contribution in [2.45, 2.75) is 46.1 Å². The van der Waals surface area contributed by atoms with Crippen LogP contribution >= 0.6 is 12.2 Å². The van der Waals surface area contributed by atoms with Crippen LogP contribution in [0.4, 0.5) is 0 Å². The highest BCUT2D eigenvalue weighted by molar-refractivity contribution is 7.71. The lowest BCUT2D eigenvalue weighted by molar-refractivity contribution is 0.698. The topological polar surface area (TPSA) is 33.6 Å². The van der Waals surface area contributed by atoms with Crippen LogP contribution in [0.15, 0.2) is 24.3 Å². The van der Waals surface area contributed by atoms with Crippen molar-refractivity contribution >= 4 is 12.2 Å². The van der Waals surface area contributed by atoms with Gasteiger partial charge in [0.25, 0.3) is 0 Å². The molecule has 0 fully saturated rings. The van der Waals surface area contributed by atoms with Gasteiger partial charge in [0.2, 0.25) is 0 Å². The number of nitrogens with one attached hydrogen (secondary N) is 1. The first-order valence-electron chi connectivity index (χ1n) is 6.84. The average Bonchev–Trinajstić information content (AvgIpc) is 2.73. The van der Waals surface area contributed by atoms with Gasteiger partial charge in [0.1, 0.15) is 5.82 Å². The first-order chi connectivity index (χ1) is 9.11. The van der Waals surface area contributed by atoms with Crippen LogP contribution in [0.1, 0.15) is 50.1 Å². The predicted molar refractivity (Wildman–Crippen MR) is 81.0 cm³/mol. The second kappa shape index (κ2) is 6.15. The quantitative estimate of drug-likeness (QED) is 0.835. The van der Waals surface area contributed by atoms with Crippen molar-refractivity contribution in [3.8, 4) is 0 Å². The fourth-order valence-electron chi connectivity index (χ4n) is 2.12. The standard InChI is InChI=1S/C15H21N3S/c1-4-5-14-16-17-15(19)18(14)10-12-6-8-13(9-7-12)11(2)3/h6-9,11H,4-5,10H2,1-3H3,(H,17,19). The third kappa shape index (κ3) is 3.32. The summed E-state index contributed by atoms with van der Waals surface area (Å²) in [6.45, 7) is 7.36. The van der Waals surface area contributed by atoms with Crippen LogP contribution in [0.25, 0.3) is 0 Å². The third-order valence-corrected chi connectivity index (χ3v) is 3.61. The molecule has 0 aliphatic rings. The van der Waals surface area contributed by atoms with Gasteiger partial charge >= 0.3 is 0 Å². The minimum atomic E-state index is 0.570. The van der Waals surface area contributed by atoms with E-state index in [1.807, 2.05) is 0 Å². The minimum Gasteiger partial charge on any atom is -0.300 e. The smallest absolute Gasteiger partial charge is 0.195 e. The van der Waals surface area contributed by atoms with Crippen LogP contribution < -0.4 is 0 Å². The van der Waals surface area contributed by atoms with Gasteiger partial charge in [0.05, 0.1) is 6.54 Å². The molecule has 1 aromatic carbocycles. The fraction of sp³-hybridized carbons (Fsp3) is 0.467. The molecule has 1 heterocycles. The van der Waals surface area contributed by atoms with E-state index in [9.17, 15) is 0 Å². The van der Waals surface area contributed by atoms with E-state index in [0.29, 0.717) is 10.7 Å². The number of hydrogen-bond donors (Lipinski definition) is 1. The van der Waals surface area contributed by atoms with Gasteiger partial charge in [-0.25, -0.2) is 0 Å². The zero-order chi connectivity index (χ0) is 13.8. The fourth-order valence-corrected chi connectivity index (χ4v) is 2.33. The van der Waals surface area contributed by atoms with Gasteiger partial charge in [-0.15, -0.1) is 0 Å². The van der Waals surface area contributed by atoms with E-state index < -0.39 is 0 Å². The van der Waals surface area contributed by atoms with Gasteiger partial charge in [-0.2, -0.15) is 5.10 Å². The number of rotatable bonds is 5. The lowest BCUT2D eigenvalue weighted by atomic mass is 10.0. The highest BCUT2D eigenvalue weighted by Crippen LogP contribution is 2.15. The highest BCUT2D eigenvalue weighted by atomic mass is 32.1. The molecule has 2 aromatic rings. The second-order valence-electron chi connectivity index (χ2n) is 5.18. The van der Waals surface area contributed by atoms with E-state index in [1.54, 1.807) is 0 Å². The zero-order valence-electron chi connectivity index (χ0n) is 11.8. The Hall–Kier alpha value is -1.42. The third-order valence-electron chi connectivity index (χ3n) is 3.30. The Morgan fingerprint density at radius 1 is 1.26 bits per heavy atom. The van der Waals surface area contributed by atoms with Crippen molar-refractivity contribution in [3.05, 3.63) is 46.0 Å². The summed E-state index contributed by atoms with van der Waals surface area (Å²) in [4.78, 5) is 0. The van der Waals surface area contributed by atoms with Crippen LogP contribution in [0, 0.1) is 4.77 Å². The van der Waals surface area contributed by atoms with Crippen molar-refractivity contribution in [1.82, 2.24) is 14.8 Å². The molecule has 0 radical (unpaired) electrons. The Morgan fingerprint density at radius 2 is 1.95 bits per heavy atom. The number of H-pyrrole nitrogens is 1. The van der Waals surface area contributed by atoms with Gasteiger partial charge in [-0.1, -0.05) is 45.0 Å². The molecule has 19 heavy (non-hydrogen) atoms. The summed E-state index contributed by atoms with van der Waals surface area (Å²) >= 11 is 5.30. The molecule has 0 aliphatic carbocycles. The molecule has 0 amide bonds. The van der Waals surface area contributed by atoms with Crippen LogP contribution in [0.2, 0.25) is 0 Å². The molecule has 3 nitrogen and oxygen atoms in total. The second-order valence-corrected chi connectivity index (χ2v) is 5.56. The minimum absolute atomic E-state index is 0.570. The molecule has 1 aromatic heterocycles. The van der Waals surface area contributed by atoms with E-state index in [0.717, 1.165) is 25.2 Å². The van der Waals surface area contributed by atoms with Crippen LogP contribution in [-0.4, -0.2) is 14.8 Å². The van der Waals surface area contributed by atoms with E-state index >= 15 is 0 Å². The van der Waals surface area contributed by atoms with E-state index in [4.69, 9.17) is 12.2 Å². The molecule has 0 bridgehead atoms. The Morgan fingerprint density at radius 3 is 2.53 bits per heavy atom. The summed E-state index contributed by atoms with van der Waals surface area (Å²) in [5, 5.41) is 7.18. The van der Waals surface area contributed by atoms with Crippen LogP contribution in [-0.2, 0) is 13.0 Å². The summed E-state index contributed by atoms with van der Waals surface area (Å²) in [6.07, 6.45) is 2.03. The van der Waals surface area contributed by atoms with E-state index in [1.165, 1.54) is 11.1 Å². The Bertz CT molecular complexity index is 578. The van der Waals surface area contributed by atoms with Gasteiger partial charge < -0.3 is 0 Å². The van der Waals surface area contributed by atoms with Crippen molar-refractivity contribution in [2.75, 3.05) is 0 Å². The maximum absolute atomic E-state index is 5.30. The van der Waals surface area contributed by atoms with E-state index in [-0.39, 0.29) is 0 Å². The Labute approximate surface area is 119 Å². The molecule has 1 N–H and O–H groups in total. The summed E-state index contributed by atoms with van der Waals surface area (Å²) in [7, 11) is 0. The molecular weight excluding hydrogens is 254 g/mol. The average molecular weight is 275 g/mol. The summed E-state index contributed by atoms with van der Waals surface area (Å²) < 4.78 is 2.79. The first-order valence-corrected chi connectivity index (χ1v) is 7.25. The van der Waals surface area contributed by atoms with Crippen molar-refractivity contribution in [3.63, 3.8) is 0 Å². The number of benzene rings is 1. The Balaban J connectivity index is 2.21. The van der Waals surface area contributed by atoms with Crippen LogP contribution in [0.3, 0.4) is 0 Å². The van der Waals surface area contributed by atoms with Crippen molar-refractivity contribution < 1.29 is 0 Å². The lowest BCUT2D eigenvalue weighted by Gasteiger charge is -2.09. The predicted octanol–water partition coefficient (Wildman–Crippen LogP) is 4.06. The molecule has 0 aliphatic heterocycles. The Kier molecular flexibility index (Phi) is 4.53. The number of aryl methyl sites for hydroxylation is 1. The molecular formula is C15H21N3S. The number of hydrogen-bond acceptors (Lipinski definition) is 2. The number of aromatic amines is 1. The molecule has 0 atom stereocenters. The highest BCUT2D eigenvalue weighted by Gasteiger charge is 2.06. The summed E-state index contributed by atoms with van der Waals surface area (Å²) in [5.41, 5.74) is 2.63. The monoisotopic (exact) mass is 275 g/mol. The van der Waals surface area contributed by atoms with Crippen LogP contribution in [0.5, 0.6) is 0 Å². The SMILES string of the molecule is CCCc1n[nH]c(=S)n1Cc1ccc(C(C)C)cc1. The van der Waals surface area contributed by atoms with Gasteiger partial charge in [-0.05, 0) is 35.7 Å². The van der Waals surface area contributed by atoms with Crippen molar-refractivity contribution in [2.24, 2.45) is 0 Å². The number of nitrogens with zero attached hydrogens (tertiary/aromatic N) is 2. The zero-order valence-corrected chi connectivity index (χ0v) is 12.6. The maximum Gasteiger partial charge on any atom is 0.195 e. The summed E-state index contributed by atoms with van der Waals surface area (Å²) in [6, 6.07) is 8.76. The normalized spacial score (nSPS) is 11.2. The molecule has 4 heteroatoms. The van der Waals surface area contributed by atoms with E-state index in [2.05, 4.69) is 59.8 Å². The van der Waals surface area contributed by atoms with Crippen molar-refractivity contribution in [1.29, 1.82) is 0 Å². The van der Waals surface area contributed by atoms with Gasteiger partial charge in [0.15, 0.2) is 4.77 Å². The summed E-state index contributed by atoms with van der Waals surface area (Å²) in [5.74, 6) is 1.61. The molecule has 0 unspecified atom stereocenters. The lowest BCUT2D eigenvalue weighted by Crippen LogP contribution is -2.05. The molecule has 102 valence electrons. The molecule has 0 spiro atoms.